The minimum Gasteiger partial charge on any atom is -0.497 e. The first-order chi connectivity index (χ1) is 12.3. The van der Waals surface area contributed by atoms with E-state index in [4.69, 9.17) is 21.1 Å². The molecule has 0 aliphatic carbocycles. The summed E-state index contributed by atoms with van der Waals surface area (Å²) in [4.78, 5) is 24.3. The van der Waals surface area contributed by atoms with Crippen LogP contribution in [0.2, 0.25) is 5.02 Å². The molecule has 7 heteroatoms. The van der Waals surface area contributed by atoms with E-state index in [2.05, 4.69) is 10.6 Å². The number of hydrogen-bond acceptors (Lipinski definition) is 4. The molecule has 0 radical (unpaired) electrons. The number of nitrogens with one attached hydrogen (secondary N) is 2. The van der Waals surface area contributed by atoms with Crippen LogP contribution >= 0.6 is 11.6 Å². The molecule has 0 saturated carbocycles. The predicted octanol–water partition coefficient (Wildman–Crippen LogP) is 3.48. The standard InChI is InChI=1S/C19H21ClN2O4/c1-11-5-8-16(15(20)9-11)22-19(24)18(23)21-12(2)14-7-6-13(25-3)10-17(14)26-4/h5-10,12H,1-4H3,(H,21,23)(H,22,24). The van der Waals surface area contributed by atoms with Crippen LogP contribution in [-0.2, 0) is 9.59 Å². The molecular weight excluding hydrogens is 356 g/mol. The minimum atomic E-state index is -0.796. The van der Waals surface area contributed by atoms with Crippen molar-refractivity contribution in [2.75, 3.05) is 19.5 Å². The Balaban J connectivity index is 2.07. The Hall–Kier alpha value is -2.73. The summed E-state index contributed by atoms with van der Waals surface area (Å²) in [5.74, 6) is -0.378. The van der Waals surface area contributed by atoms with Crippen LogP contribution in [0.4, 0.5) is 5.69 Å². The fourth-order valence-electron chi connectivity index (χ4n) is 2.42. The lowest BCUT2D eigenvalue weighted by Crippen LogP contribution is -2.37. The maximum atomic E-state index is 12.2. The van der Waals surface area contributed by atoms with Gasteiger partial charge in [-0.15, -0.1) is 0 Å². The molecule has 0 aliphatic heterocycles. The van der Waals surface area contributed by atoms with Crippen molar-refractivity contribution in [1.82, 2.24) is 5.32 Å². The van der Waals surface area contributed by atoms with Crippen LogP contribution in [-0.4, -0.2) is 26.0 Å². The second kappa shape index (κ2) is 8.58. The third-order valence-corrected chi connectivity index (χ3v) is 4.15. The van der Waals surface area contributed by atoms with Crippen LogP contribution in [0.1, 0.15) is 24.1 Å². The van der Waals surface area contributed by atoms with E-state index in [-0.39, 0.29) is 0 Å². The van der Waals surface area contributed by atoms with Gasteiger partial charge < -0.3 is 20.1 Å². The fraction of sp³-hybridized carbons (Fsp3) is 0.263. The zero-order chi connectivity index (χ0) is 19.3. The van der Waals surface area contributed by atoms with E-state index < -0.39 is 17.9 Å². The zero-order valence-electron chi connectivity index (χ0n) is 15.1. The third kappa shape index (κ3) is 4.67. The number of hydrogen-bond donors (Lipinski definition) is 2. The summed E-state index contributed by atoms with van der Waals surface area (Å²) >= 11 is 6.07. The number of aryl methyl sites for hydroxylation is 1. The average molecular weight is 377 g/mol. The lowest BCUT2D eigenvalue weighted by Gasteiger charge is -2.18. The average Bonchev–Trinajstić information content (AvgIpc) is 2.63. The molecule has 26 heavy (non-hydrogen) atoms. The summed E-state index contributed by atoms with van der Waals surface area (Å²) in [5, 5.41) is 5.52. The number of carbonyl (C=O) groups is 2. The van der Waals surface area contributed by atoms with Crippen LogP contribution in [0, 0.1) is 6.92 Å². The predicted molar refractivity (Wildman–Crippen MR) is 101 cm³/mol. The normalized spacial score (nSPS) is 11.4. The van der Waals surface area contributed by atoms with Gasteiger partial charge in [0.1, 0.15) is 11.5 Å². The maximum absolute atomic E-state index is 12.2. The van der Waals surface area contributed by atoms with Gasteiger partial charge in [-0.05, 0) is 43.7 Å². The first-order valence-corrected chi connectivity index (χ1v) is 8.33. The molecule has 2 rings (SSSR count). The summed E-state index contributed by atoms with van der Waals surface area (Å²) in [6.45, 7) is 3.64. The summed E-state index contributed by atoms with van der Waals surface area (Å²) in [7, 11) is 3.08. The number of halogens is 1. The van der Waals surface area contributed by atoms with Crippen LogP contribution in [0.25, 0.3) is 0 Å². The molecule has 2 amide bonds. The highest BCUT2D eigenvalue weighted by molar-refractivity contribution is 6.41. The number of rotatable bonds is 5. The van der Waals surface area contributed by atoms with Crippen LogP contribution < -0.4 is 20.1 Å². The van der Waals surface area contributed by atoms with Crippen molar-refractivity contribution in [3.05, 3.63) is 52.5 Å². The third-order valence-electron chi connectivity index (χ3n) is 3.83. The highest BCUT2D eigenvalue weighted by Gasteiger charge is 2.20. The van der Waals surface area contributed by atoms with E-state index in [1.165, 1.54) is 7.11 Å². The van der Waals surface area contributed by atoms with Crippen LogP contribution in [0.5, 0.6) is 11.5 Å². The molecule has 1 atom stereocenters. The summed E-state index contributed by atoms with van der Waals surface area (Å²) in [6, 6.07) is 9.96. The Morgan fingerprint density at radius 1 is 1.04 bits per heavy atom. The fourth-order valence-corrected chi connectivity index (χ4v) is 2.70. The molecule has 0 aromatic heterocycles. The van der Waals surface area contributed by atoms with Gasteiger partial charge in [0.15, 0.2) is 0 Å². The van der Waals surface area contributed by atoms with Crippen LogP contribution in [0.3, 0.4) is 0 Å². The topological polar surface area (TPSA) is 76.7 Å². The van der Waals surface area contributed by atoms with Crippen molar-refractivity contribution < 1.29 is 19.1 Å². The van der Waals surface area contributed by atoms with E-state index in [9.17, 15) is 9.59 Å². The SMILES string of the molecule is COc1ccc(C(C)NC(=O)C(=O)Nc2ccc(C)cc2Cl)c(OC)c1. The second-order valence-corrected chi connectivity index (χ2v) is 6.15. The van der Waals surface area contributed by atoms with Gasteiger partial charge in [-0.1, -0.05) is 17.7 Å². The number of ether oxygens (including phenoxy) is 2. The van der Waals surface area contributed by atoms with E-state index in [1.54, 1.807) is 50.4 Å². The van der Waals surface area contributed by atoms with Gasteiger partial charge in [0.25, 0.3) is 0 Å². The van der Waals surface area contributed by atoms with Gasteiger partial charge in [-0.25, -0.2) is 0 Å². The molecule has 138 valence electrons. The molecular formula is C19H21ClN2O4. The van der Waals surface area contributed by atoms with E-state index in [0.717, 1.165) is 11.1 Å². The molecule has 0 heterocycles. The Morgan fingerprint density at radius 2 is 1.77 bits per heavy atom. The van der Waals surface area contributed by atoms with Crippen molar-refractivity contribution in [1.29, 1.82) is 0 Å². The lowest BCUT2D eigenvalue weighted by molar-refractivity contribution is -0.136. The number of amides is 2. The molecule has 2 N–H and O–H groups in total. The summed E-state index contributed by atoms with van der Waals surface area (Å²) < 4.78 is 10.5. The Bertz CT molecular complexity index is 823. The number of carbonyl (C=O) groups excluding carboxylic acids is 2. The molecule has 0 bridgehead atoms. The van der Waals surface area contributed by atoms with Crippen LogP contribution in [0.15, 0.2) is 36.4 Å². The van der Waals surface area contributed by atoms with E-state index in [1.807, 2.05) is 6.92 Å². The largest absolute Gasteiger partial charge is 0.497 e. The minimum absolute atomic E-state index is 0.371. The molecule has 2 aromatic rings. The zero-order valence-corrected chi connectivity index (χ0v) is 15.8. The molecule has 0 aliphatic rings. The molecule has 1 unspecified atom stereocenters. The molecule has 0 spiro atoms. The van der Waals surface area contributed by atoms with Crippen molar-refractivity contribution in [3.63, 3.8) is 0 Å². The first kappa shape index (κ1) is 19.6. The van der Waals surface area contributed by atoms with Gasteiger partial charge >= 0.3 is 11.8 Å². The number of anilines is 1. The molecule has 0 fully saturated rings. The molecule has 2 aromatic carbocycles. The van der Waals surface area contributed by atoms with Crippen molar-refractivity contribution in [2.24, 2.45) is 0 Å². The smallest absolute Gasteiger partial charge is 0.313 e. The van der Waals surface area contributed by atoms with Gasteiger partial charge in [0, 0.05) is 11.6 Å². The van der Waals surface area contributed by atoms with Crippen molar-refractivity contribution in [3.8, 4) is 11.5 Å². The van der Waals surface area contributed by atoms with E-state index >= 15 is 0 Å². The first-order valence-electron chi connectivity index (χ1n) is 7.95. The maximum Gasteiger partial charge on any atom is 0.313 e. The quantitative estimate of drug-likeness (QED) is 0.783. The molecule has 0 saturated heterocycles. The summed E-state index contributed by atoms with van der Waals surface area (Å²) in [6.07, 6.45) is 0. The monoisotopic (exact) mass is 376 g/mol. The highest BCUT2D eigenvalue weighted by Crippen LogP contribution is 2.29. The van der Waals surface area contributed by atoms with Gasteiger partial charge in [-0.2, -0.15) is 0 Å². The van der Waals surface area contributed by atoms with Crippen molar-refractivity contribution in [2.45, 2.75) is 19.9 Å². The Morgan fingerprint density at radius 3 is 2.38 bits per heavy atom. The van der Waals surface area contributed by atoms with E-state index in [0.29, 0.717) is 22.2 Å². The highest BCUT2D eigenvalue weighted by atomic mass is 35.5. The molecule has 6 nitrogen and oxygen atoms in total. The summed E-state index contributed by atoms with van der Waals surface area (Å²) in [5.41, 5.74) is 2.06. The number of benzene rings is 2. The Kier molecular flexibility index (Phi) is 6.46. The number of methoxy groups -OCH3 is 2. The van der Waals surface area contributed by atoms with Gasteiger partial charge in [0.05, 0.1) is 31.0 Å². The second-order valence-electron chi connectivity index (χ2n) is 5.74. The van der Waals surface area contributed by atoms with Gasteiger partial charge in [0.2, 0.25) is 0 Å². The lowest BCUT2D eigenvalue weighted by atomic mass is 10.1. The van der Waals surface area contributed by atoms with Crippen molar-refractivity contribution >= 4 is 29.1 Å². The Labute approximate surface area is 157 Å². The van der Waals surface area contributed by atoms with Gasteiger partial charge in [-0.3, -0.25) is 9.59 Å².